The molecule has 1 aliphatic heterocycles. The van der Waals surface area contributed by atoms with Gasteiger partial charge >= 0.3 is 5.97 Å². The van der Waals surface area contributed by atoms with E-state index < -0.39 is 0 Å². The molecular formula is C24H23NO2. The van der Waals surface area contributed by atoms with E-state index >= 15 is 0 Å². The van der Waals surface area contributed by atoms with Gasteiger partial charge in [0.05, 0.1) is 18.7 Å². The molecule has 0 aliphatic carbocycles. The topological polar surface area (TPSA) is 29.3 Å². The minimum atomic E-state index is -0.266. The maximum Gasteiger partial charge on any atom is 0.325 e. The Hall–Kier alpha value is -2.91. The fourth-order valence-corrected chi connectivity index (χ4v) is 3.86. The first-order chi connectivity index (χ1) is 13.3. The first-order valence-corrected chi connectivity index (χ1v) is 9.40. The summed E-state index contributed by atoms with van der Waals surface area (Å²) in [5, 5.41) is 0. The van der Waals surface area contributed by atoms with Crippen LogP contribution in [-0.4, -0.2) is 23.5 Å². The molecule has 3 aromatic carbocycles. The van der Waals surface area contributed by atoms with Gasteiger partial charge in [0.2, 0.25) is 0 Å². The van der Waals surface area contributed by atoms with Crippen LogP contribution in [0.1, 0.15) is 35.7 Å². The van der Waals surface area contributed by atoms with Crippen LogP contribution in [0.15, 0.2) is 91.0 Å². The van der Waals surface area contributed by atoms with Crippen molar-refractivity contribution in [2.24, 2.45) is 0 Å². The lowest BCUT2D eigenvalue weighted by Gasteiger charge is -2.21. The molecule has 4 rings (SSSR count). The van der Waals surface area contributed by atoms with Gasteiger partial charge in [-0.25, -0.2) is 0 Å². The van der Waals surface area contributed by atoms with E-state index in [1.807, 2.05) is 61.5 Å². The van der Waals surface area contributed by atoms with Crippen LogP contribution in [0, 0.1) is 0 Å². The van der Waals surface area contributed by atoms with Gasteiger partial charge in [-0.1, -0.05) is 91.0 Å². The van der Waals surface area contributed by atoms with Gasteiger partial charge in [-0.05, 0) is 23.6 Å². The van der Waals surface area contributed by atoms with Crippen molar-refractivity contribution in [3.63, 3.8) is 0 Å². The Morgan fingerprint density at radius 1 is 0.852 bits per heavy atom. The number of carbonyl (C=O) groups excluding carboxylic acids is 1. The first kappa shape index (κ1) is 17.5. The van der Waals surface area contributed by atoms with Crippen molar-refractivity contribution in [1.29, 1.82) is 0 Å². The van der Waals surface area contributed by atoms with E-state index in [9.17, 15) is 4.79 Å². The van der Waals surface area contributed by atoms with Crippen LogP contribution < -0.4 is 0 Å². The summed E-state index contributed by atoms with van der Waals surface area (Å²) in [4.78, 5) is 15.0. The second-order valence-electron chi connectivity index (χ2n) is 6.72. The quantitative estimate of drug-likeness (QED) is 0.470. The molecule has 0 amide bonds. The van der Waals surface area contributed by atoms with Crippen molar-refractivity contribution in [1.82, 2.24) is 4.90 Å². The summed E-state index contributed by atoms with van der Waals surface area (Å²) in [6.07, 6.45) is 0. The Bertz CT molecular complexity index is 841. The second-order valence-corrected chi connectivity index (χ2v) is 6.72. The van der Waals surface area contributed by atoms with Crippen molar-refractivity contribution in [2.45, 2.75) is 25.0 Å². The molecule has 0 saturated carbocycles. The van der Waals surface area contributed by atoms with E-state index in [1.165, 1.54) is 11.1 Å². The zero-order valence-electron chi connectivity index (χ0n) is 15.4. The standard InChI is InChI=1S/C24H23NO2/c1-2-27-24(26)23-22(20-16-10-5-11-17-20)25(23)21(18-12-6-3-7-13-18)19-14-8-4-9-15-19/h3-17,21-23H,2H2,1H3. The van der Waals surface area contributed by atoms with Gasteiger partial charge in [0.15, 0.2) is 0 Å². The minimum Gasteiger partial charge on any atom is -0.465 e. The molecule has 3 aromatic rings. The summed E-state index contributed by atoms with van der Waals surface area (Å²) >= 11 is 0. The molecular weight excluding hydrogens is 334 g/mol. The van der Waals surface area contributed by atoms with Gasteiger partial charge in [-0.2, -0.15) is 0 Å². The number of esters is 1. The molecule has 136 valence electrons. The van der Waals surface area contributed by atoms with Crippen molar-refractivity contribution >= 4 is 5.97 Å². The Balaban J connectivity index is 1.76. The van der Waals surface area contributed by atoms with E-state index in [-0.39, 0.29) is 24.1 Å². The Labute approximate surface area is 160 Å². The summed E-state index contributed by atoms with van der Waals surface area (Å²) in [5.74, 6) is -0.150. The minimum absolute atomic E-state index is 0.00649. The molecule has 1 heterocycles. The largest absolute Gasteiger partial charge is 0.465 e. The van der Waals surface area contributed by atoms with Crippen molar-refractivity contribution < 1.29 is 9.53 Å². The maximum atomic E-state index is 12.7. The van der Waals surface area contributed by atoms with Crippen molar-refractivity contribution in [3.05, 3.63) is 108 Å². The van der Waals surface area contributed by atoms with Crippen LogP contribution in [0.3, 0.4) is 0 Å². The summed E-state index contributed by atoms with van der Waals surface area (Å²) in [5.41, 5.74) is 3.50. The highest BCUT2D eigenvalue weighted by Crippen LogP contribution is 2.52. The number of nitrogens with zero attached hydrogens (tertiary/aromatic N) is 1. The summed E-state index contributed by atoms with van der Waals surface area (Å²) < 4.78 is 5.39. The number of benzene rings is 3. The van der Waals surface area contributed by atoms with Crippen molar-refractivity contribution in [2.75, 3.05) is 6.61 Å². The highest BCUT2D eigenvalue weighted by Gasteiger charge is 2.57. The molecule has 0 radical (unpaired) electrons. The molecule has 27 heavy (non-hydrogen) atoms. The Morgan fingerprint density at radius 3 is 1.81 bits per heavy atom. The molecule has 1 saturated heterocycles. The molecule has 0 N–H and O–H groups in total. The molecule has 1 fully saturated rings. The molecule has 3 heteroatoms. The molecule has 0 bridgehead atoms. The van der Waals surface area contributed by atoms with E-state index in [0.29, 0.717) is 6.61 Å². The fraction of sp³-hybridized carbons (Fsp3) is 0.208. The van der Waals surface area contributed by atoms with Gasteiger partial charge in [0.25, 0.3) is 0 Å². The summed E-state index contributed by atoms with van der Waals surface area (Å²) in [6, 6.07) is 30.7. The normalized spacial score (nSPS) is 21.0. The molecule has 0 spiro atoms. The van der Waals surface area contributed by atoms with Gasteiger partial charge in [-0.15, -0.1) is 0 Å². The molecule has 0 aromatic heterocycles. The summed E-state index contributed by atoms with van der Waals surface area (Å²) in [7, 11) is 0. The number of hydrogen-bond donors (Lipinski definition) is 0. The highest BCUT2D eigenvalue weighted by atomic mass is 16.5. The predicted octanol–water partition coefficient (Wildman–Crippen LogP) is 4.76. The third-order valence-electron chi connectivity index (χ3n) is 5.05. The zero-order valence-corrected chi connectivity index (χ0v) is 15.4. The molecule has 3 nitrogen and oxygen atoms in total. The first-order valence-electron chi connectivity index (χ1n) is 9.40. The van der Waals surface area contributed by atoms with Gasteiger partial charge in [-0.3, -0.25) is 9.69 Å². The van der Waals surface area contributed by atoms with Crippen LogP contribution in [0.25, 0.3) is 0 Å². The average Bonchev–Trinajstić information content (AvgIpc) is 3.46. The van der Waals surface area contributed by atoms with E-state index in [0.717, 1.165) is 5.56 Å². The van der Waals surface area contributed by atoms with Gasteiger partial charge < -0.3 is 4.74 Å². The third-order valence-corrected chi connectivity index (χ3v) is 5.05. The number of rotatable bonds is 6. The predicted molar refractivity (Wildman–Crippen MR) is 106 cm³/mol. The van der Waals surface area contributed by atoms with Gasteiger partial charge in [0.1, 0.15) is 6.04 Å². The zero-order chi connectivity index (χ0) is 18.6. The van der Waals surface area contributed by atoms with E-state index in [2.05, 4.69) is 41.3 Å². The lowest BCUT2D eigenvalue weighted by atomic mass is 9.98. The average molecular weight is 357 g/mol. The molecule has 3 atom stereocenters. The number of ether oxygens (including phenoxy) is 1. The molecule has 1 aliphatic rings. The fourth-order valence-electron chi connectivity index (χ4n) is 3.86. The van der Waals surface area contributed by atoms with E-state index in [1.54, 1.807) is 0 Å². The van der Waals surface area contributed by atoms with Crippen LogP contribution in [0.4, 0.5) is 0 Å². The SMILES string of the molecule is CCOC(=O)C1C(c2ccccc2)N1C(c1ccccc1)c1ccccc1. The van der Waals surface area contributed by atoms with Crippen LogP contribution in [-0.2, 0) is 9.53 Å². The maximum absolute atomic E-state index is 12.7. The van der Waals surface area contributed by atoms with Crippen LogP contribution >= 0.6 is 0 Å². The van der Waals surface area contributed by atoms with Crippen LogP contribution in [0.2, 0.25) is 0 Å². The Morgan fingerprint density at radius 2 is 1.33 bits per heavy atom. The highest BCUT2D eigenvalue weighted by molar-refractivity contribution is 5.81. The van der Waals surface area contributed by atoms with E-state index in [4.69, 9.17) is 4.74 Å². The van der Waals surface area contributed by atoms with Crippen molar-refractivity contribution in [3.8, 4) is 0 Å². The molecule has 3 unspecified atom stereocenters. The Kier molecular flexibility index (Phi) is 5.03. The monoisotopic (exact) mass is 357 g/mol. The smallest absolute Gasteiger partial charge is 0.325 e. The number of hydrogen-bond acceptors (Lipinski definition) is 3. The van der Waals surface area contributed by atoms with Crippen LogP contribution in [0.5, 0.6) is 0 Å². The number of carbonyl (C=O) groups is 1. The second kappa shape index (κ2) is 7.77. The lowest BCUT2D eigenvalue weighted by molar-refractivity contribution is -0.143. The van der Waals surface area contributed by atoms with Gasteiger partial charge in [0, 0.05) is 0 Å². The summed E-state index contributed by atoms with van der Waals surface area (Å²) in [6.45, 7) is 2.25. The third kappa shape index (κ3) is 3.51. The lowest BCUT2D eigenvalue weighted by Crippen LogP contribution is -2.20.